The molecule has 0 unspecified atom stereocenters. The van der Waals surface area contributed by atoms with Crippen molar-refractivity contribution in [1.29, 1.82) is 0 Å². The van der Waals surface area contributed by atoms with Gasteiger partial charge < -0.3 is 18.9 Å². The number of fused-ring (bicyclic) bond motifs is 3. The van der Waals surface area contributed by atoms with Gasteiger partial charge in [0.1, 0.15) is 11.7 Å². The molecule has 6 rings (SSSR count). The van der Waals surface area contributed by atoms with Crippen molar-refractivity contribution in [2.75, 3.05) is 33.4 Å². The summed E-state index contributed by atoms with van der Waals surface area (Å²) < 4.78 is 28.9. The Bertz CT molecular complexity index is 1480. The number of rotatable bonds is 5. The zero-order valence-corrected chi connectivity index (χ0v) is 21.4. The molecule has 194 valence electrons. The maximum atomic E-state index is 13.7. The molecule has 2 saturated heterocycles. The average molecular weight is 508 g/mol. The van der Waals surface area contributed by atoms with Gasteiger partial charge in [0.25, 0.3) is 5.91 Å². The molecule has 0 N–H and O–H groups in total. The number of likely N-dealkylation sites (tertiary alicyclic amines) is 1. The fourth-order valence-electron chi connectivity index (χ4n) is 5.79. The van der Waals surface area contributed by atoms with Crippen LogP contribution in [0, 0.1) is 12.8 Å². The standard InChI is InChI=1S/C26H30FN7O3/c1-14-23(32(3)31-30-14)17-9-20-22(28-10-17)21-24(34(20)15(2)16-5-7-37-8-6-16)19(11-29-25(21)36-4)26(35)33-12-18(27)13-33/h9-11,15-16,18H,5-8,12-13H2,1-4H3/t15-/m1/s1. The summed E-state index contributed by atoms with van der Waals surface area (Å²) in [5.41, 5.74) is 5.29. The fourth-order valence-corrected chi connectivity index (χ4v) is 5.79. The van der Waals surface area contributed by atoms with E-state index in [0.29, 0.717) is 41.5 Å². The highest BCUT2D eigenvalue weighted by Gasteiger charge is 2.35. The number of aromatic nitrogens is 6. The predicted molar refractivity (Wildman–Crippen MR) is 135 cm³/mol. The topological polar surface area (TPSA) is 100 Å². The first kappa shape index (κ1) is 23.8. The second-order valence-corrected chi connectivity index (χ2v) is 10.0. The molecule has 0 spiro atoms. The maximum absolute atomic E-state index is 13.7. The molecule has 4 aromatic rings. The smallest absolute Gasteiger partial charge is 0.257 e. The van der Waals surface area contributed by atoms with Gasteiger partial charge in [-0.05, 0) is 38.7 Å². The number of hydrogen-bond donors (Lipinski definition) is 0. The van der Waals surface area contributed by atoms with Crippen molar-refractivity contribution < 1.29 is 18.7 Å². The third-order valence-corrected chi connectivity index (χ3v) is 7.79. The molecule has 6 heterocycles. The molecule has 37 heavy (non-hydrogen) atoms. The van der Waals surface area contributed by atoms with E-state index < -0.39 is 6.17 Å². The third-order valence-electron chi connectivity index (χ3n) is 7.79. The fraction of sp³-hybridized carbons (Fsp3) is 0.500. The van der Waals surface area contributed by atoms with Crippen LogP contribution in [0.25, 0.3) is 33.2 Å². The van der Waals surface area contributed by atoms with Crippen molar-refractivity contribution in [2.45, 2.75) is 38.9 Å². The van der Waals surface area contributed by atoms with Crippen LogP contribution >= 0.6 is 0 Å². The highest BCUT2D eigenvalue weighted by atomic mass is 19.1. The van der Waals surface area contributed by atoms with E-state index >= 15 is 0 Å². The average Bonchev–Trinajstić information content (AvgIpc) is 3.42. The van der Waals surface area contributed by atoms with E-state index in [1.807, 2.05) is 14.0 Å². The minimum Gasteiger partial charge on any atom is -0.480 e. The molecular weight excluding hydrogens is 477 g/mol. The first-order chi connectivity index (χ1) is 17.9. The molecule has 4 aromatic heterocycles. The monoisotopic (exact) mass is 507 g/mol. The second-order valence-electron chi connectivity index (χ2n) is 10.0. The van der Waals surface area contributed by atoms with Crippen molar-refractivity contribution in [1.82, 2.24) is 34.4 Å². The third kappa shape index (κ3) is 3.75. The molecule has 2 aliphatic rings. The van der Waals surface area contributed by atoms with Crippen LogP contribution < -0.4 is 4.74 Å². The van der Waals surface area contributed by atoms with E-state index in [9.17, 15) is 9.18 Å². The summed E-state index contributed by atoms with van der Waals surface area (Å²) in [6.07, 6.45) is 4.20. The molecular formula is C26H30FN7O3. The Morgan fingerprint density at radius 3 is 2.62 bits per heavy atom. The molecule has 0 saturated carbocycles. The lowest BCUT2D eigenvalue weighted by molar-refractivity contribution is 0.0400. The van der Waals surface area contributed by atoms with Crippen LogP contribution in [0.1, 0.15) is 41.9 Å². The number of halogens is 1. The summed E-state index contributed by atoms with van der Waals surface area (Å²) in [7, 11) is 3.42. The number of aryl methyl sites for hydroxylation is 2. The number of pyridine rings is 2. The summed E-state index contributed by atoms with van der Waals surface area (Å²) in [6.45, 7) is 5.70. The van der Waals surface area contributed by atoms with Gasteiger partial charge in [-0.25, -0.2) is 14.1 Å². The predicted octanol–water partition coefficient (Wildman–Crippen LogP) is 3.48. The number of amides is 1. The SMILES string of the molecule is COc1ncc(C(=O)N2CC(F)C2)c2c1c1ncc(-c3c(C)nnn3C)cc1n2[C@H](C)C1CCOCC1. The van der Waals surface area contributed by atoms with Gasteiger partial charge >= 0.3 is 0 Å². The molecule has 0 bridgehead atoms. The van der Waals surface area contributed by atoms with Crippen molar-refractivity contribution in [3.8, 4) is 17.1 Å². The van der Waals surface area contributed by atoms with Crippen LogP contribution in [0.4, 0.5) is 4.39 Å². The number of nitrogens with zero attached hydrogens (tertiary/aromatic N) is 7. The zero-order valence-electron chi connectivity index (χ0n) is 21.4. The molecule has 11 heteroatoms. The Balaban J connectivity index is 1.65. The van der Waals surface area contributed by atoms with Gasteiger partial charge in [-0.15, -0.1) is 5.10 Å². The highest BCUT2D eigenvalue weighted by Crippen LogP contribution is 2.42. The number of methoxy groups -OCH3 is 1. The van der Waals surface area contributed by atoms with E-state index in [1.54, 1.807) is 24.2 Å². The van der Waals surface area contributed by atoms with E-state index in [0.717, 1.165) is 40.8 Å². The quantitative estimate of drug-likeness (QED) is 0.408. The summed E-state index contributed by atoms with van der Waals surface area (Å²) in [5.74, 6) is 0.516. The molecule has 0 aliphatic carbocycles. The van der Waals surface area contributed by atoms with Gasteiger partial charge in [0.2, 0.25) is 5.88 Å². The largest absolute Gasteiger partial charge is 0.480 e. The zero-order chi connectivity index (χ0) is 25.8. The molecule has 0 radical (unpaired) electrons. The van der Waals surface area contributed by atoms with Crippen LogP contribution in [0.3, 0.4) is 0 Å². The van der Waals surface area contributed by atoms with Crippen LogP contribution in [0.5, 0.6) is 5.88 Å². The lowest BCUT2D eigenvalue weighted by atomic mass is 9.92. The lowest BCUT2D eigenvalue weighted by Crippen LogP contribution is -2.51. The summed E-state index contributed by atoms with van der Waals surface area (Å²) in [6, 6.07) is 2.12. The van der Waals surface area contributed by atoms with Gasteiger partial charge in [0.15, 0.2) is 0 Å². The van der Waals surface area contributed by atoms with E-state index in [4.69, 9.17) is 14.5 Å². The Morgan fingerprint density at radius 1 is 1.22 bits per heavy atom. The Hall–Kier alpha value is -3.60. The number of carbonyl (C=O) groups excluding carboxylic acids is 1. The van der Waals surface area contributed by atoms with Crippen LogP contribution in [-0.4, -0.2) is 79.9 Å². The summed E-state index contributed by atoms with van der Waals surface area (Å²) in [5, 5.41) is 9.05. The molecule has 1 atom stereocenters. The van der Waals surface area contributed by atoms with Gasteiger partial charge in [0.05, 0.1) is 53.6 Å². The Labute approximate surface area is 213 Å². The normalized spacial score (nSPS) is 17.9. The maximum Gasteiger partial charge on any atom is 0.257 e. The van der Waals surface area contributed by atoms with Gasteiger partial charge in [-0.2, -0.15) is 0 Å². The van der Waals surface area contributed by atoms with Crippen molar-refractivity contribution in [3.05, 3.63) is 29.7 Å². The van der Waals surface area contributed by atoms with Crippen LogP contribution in [0.15, 0.2) is 18.5 Å². The highest BCUT2D eigenvalue weighted by molar-refractivity contribution is 6.16. The number of ether oxygens (including phenoxy) is 2. The number of hydrogen-bond acceptors (Lipinski definition) is 7. The first-order valence-electron chi connectivity index (χ1n) is 12.6. The van der Waals surface area contributed by atoms with E-state index in [1.165, 1.54) is 4.90 Å². The molecule has 2 aliphatic heterocycles. The number of carbonyl (C=O) groups is 1. The minimum absolute atomic E-state index is 0.0377. The Morgan fingerprint density at radius 2 is 1.97 bits per heavy atom. The van der Waals surface area contributed by atoms with Crippen molar-refractivity contribution in [3.63, 3.8) is 0 Å². The molecule has 1 amide bonds. The Kier molecular flexibility index (Phi) is 5.82. The molecule has 0 aromatic carbocycles. The minimum atomic E-state index is -0.988. The van der Waals surface area contributed by atoms with Gasteiger partial charge in [0, 0.05) is 44.3 Å². The van der Waals surface area contributed by atoms with Crippen molar-refractivity contribution >= 4 is 27.8 Å². The number of alkyl halides is 1. The van der Waals surface area contributed by atoms with Gasteiger partial charge in [-0.3, -0.25) is 9.78 Å². The first-order valence-corrected chi connectivity index (χ1v) is 12.6. The van der Waals surface area contributed by atoms with Crippen LogP contribution in [0.2, 0.25) is 0 Å². The second kappa shape index (κ2) is 9.05. The molecule has 2 fully saturated rings. The van der Waals surface area contributed by atoms with Crippen molar-refractivity contribution in [2.24, 2.45) is 13.0 Å². The molecule has 10 nitrogen and oxygen atoms in total. The summed E-state index contributed by atoms with van der Waals surface area (Å²) in [4.78, 5) is 24.4. The lowest BCUT2D eigenvalue weighted by Gasteiger charge is -2.35. The van der Waals surface area contributed by atoms with E-state index in [2.05, 4.69) is 32.9 Å². The van der Waals surface area contributed by atoms with E-state index in [-0.39, 0.29) is 25.0 Å². The summed E-state index contributed by atoms with van der Waals surface area (Å²) >= 11 is 0. The van der Waals surface area contributed by atoms with Crippen LogP contribution in [-0.2, 0) is 11.8 Å². The van der Waals surface area contributed by atoms with Gasteiger partial charge in [-0.1, -0.05) is 5.21 Å².